The molecule has 0 bridgehead atoms. The Morgan fingerprint density at radius 2 is 1.81 bits per heavy atom. The van der Waals surface area contributed by atoms with E-state index in [-0.39, 0.29) is 17.5 Å². The fraction of sp³-hybridized carbons (Fsp3) is 0.467. The zero-order valence-electron chi connectivity index (χ0n) is 23.8. The van der Waals surface area contributed by atoms with Crippen LogP contribution in [-0.2, 0) is 27.6 Å². The lowest BCUT2D eigenvalue weighted by molar-refractivity contribution is 0.0406. The number of hydrogen-bond donors (Lipinski definition) is 1. The van der Waals surface area contributed by atoms with Gasteiger partial charge in [0.2, 0.25) is 10.0 Å². The maximum atomic E-state index is 13.3. The van der Waals surface area contributed by atoms with Crippen molar-refractivity contribution >= 4 is 38.0 Å². The van der Waals surface area contributed by atoms with E-state index in [1.54, 1.807) is 16.4 Å². The fourth-order valence-electron chi connectivity index (χ4n) is 5.75. The summed E-state index contributed by atoms with van der Waals surface area (Å²) in [5, 5.41) is 6.31. The van der Waals surface area contributed by atoms with E-state index in [1.807, 2.05) is 11.4 Å². The molecule has 1 N–H and O–H groups in total. The quantitative estimate of drug-likeness (QED) is 0.278. The summed E-state index contributed by atoms with van der Waals surface area (Å²) in [5.41, 5.74) is 4.95. The zero-order chi connectivity index (χ0) is 29.1. The highest BCUT2D eigenvalue weighted by Crippen LogP contribution is 2.32. The average molecular weight is 613 g/mol. The number of pyridine rings is 1. The summed E-state index contributed by atoms with van der Waals surface area (Å²) in [6, 6.07) is 10.7. The molecule has 2 fully saturated rings. The summed E-state index contributed by atoms with van der Waals surface area (Å²) in [6.45, 7) is 6.67. The summed E-state index contributed by atoms with van der Waals surface area (Å²) in [5.74, 6) is 1.10. The molecule has 3 aromatic heterocycles. The minimum absolute atomic E-state index is 0.163. The first kappa shape index (κ1) is 29.2. The third-order valence-corrected chi connectivity index (χ3v) is 10.9. The number of halogens is 1. The van der Waals surface area contributed by atoms with E-state index in [9.17, 15) is 12.8 Å². The van der Waals surface area contributed by atoms with Crippen LogP contribution in [0.5, 0.6) is 0 Å². The summed E-state index contributed by atoms with van der Waals surface area (Å²) in [6.07, 6.45) is 5.13. The summed E-state index contributed by atoms with van der Waals surface area (Å²) < 4.78 is 48.5. The lowest BCUT2D eigenvalue weighted by atomic mass is 9.91. The first-order valence-electron chi connectivity index (χ1n) is 14.6. The molecule has 1 aromatic carbocycles. The molecular weight excluding hydrogens is 576 g/mol. The van der Waals surface area contributed by atoms with Gasteiger partial charge in [0.1, 0.15) is 17.3 Å². The molecule has 42 heavy (non-hydrogen) atoms. The van der Waals surface area contributed by atoms with Gasteiger partial charge in [0.05, 0.1) is 30.4 Å². The highest BCUT2D eigenvalue weighted by molar-refractivity contribution is 7.89. The summed E-state index contributed by atoms with van der Waals surface area (Å²) in [7, 11) is -3.28. The van der Waals surface area contributed by atoms with Gasteiger partial charge >= 0.3 is 0 Å². The number of sulfonamides is 1. The van der Waals surface area contributed by atoms with Gasteiger partial charge in [-0.3, -0.25) is 9.30 Å². The molecular formula is C30H37FN6O3S2. The molecule has 2 aliphatic heterocycles. The van der Waals surface area contributed by atoms with Crippen molar-refractivity contribution in [1.82, 2.24) is 23.6 Å². The Labute approximate surface area is 250 Å². The topological polar surface area (TPSA) is 92.1 Å². The van der Waals surface area contributed by atoms with Gasteiger partial charge in [0.25, 0.3) is 0 Å². The Morgan fingerprint density at radius 1 is 1.05 bits per heavy atom. The first-order valence-corrected chi connectivity index (χ1v) is 17.1. The van der Waals surface area contributed by atoms with E-state index in [4.69, 9.17) is 14.7 Å². The van der Waals surface area contributed by atoms with Gasteiger partial charge in [0, 0.05) is 50.7 Å². The van der Waals surface area contributed by atoms with E-state index in [2.05, 4.69) is 33.8 Å². The zero-order valence-corrected chi connectivity index (χ0v) is 25.5. The van der Waals surface area contributed by atoms with Crippen molar-refractivity contribution in [3.8, 4) is 0 Å². The lowest BCUT2D eigenvalue weighted by Gasteiger charge is -2.32. The molecule has 0 amide bonds. The maximum absolute atomic E-state index is 13.3. The number of thiazole rings is 1. The van der Waals surface area contributed by atoms with Crippen LogP contribution in [0.3, 0.4) is 0 Å². The number of hydrogen-bond acceptors (Lipinski definition) is 8. The van der Waals surface area contributed by atoms with Gasteiger partial charge in [0.15, 0.2) is 5.13 Å². The van der Waals surface area contributed by atoms with Crippen molar-refractivity contribution in [2.75, 3.05) is 57.0 Å². The van der Waals surface area contributed by atoms with Crippen LogP contribution in [0.25, 0.3) is 5.65 Å². The molecule has 2 saturated heterocycles. The highest BCUT2D eigenvalue weighted by Gasteiger charge is 2.29. The van der Waals surface area contributed by atoms with Crippen molar-refractivity contribution in [2.45, 2.75) is 38.5 Å². The Kier molecular flexibility index (Phi) is 8.87. The van der Waals surface area contributed by atoms with Crippen LogP contribution in [0.15, 0.2) is 48.0 Å². The molecule has 6 rings (SSSR count). The van der Waals surface area contributed by atoms with Gasteiger partial charge < -0.3 is 10.1 Å². The first-order chi connectivity index (χ1) is 20.4. The van der Waals surface area contributed by atoms with Gasteiger partial charge in [-0.1, -0.05) is 25.1 Å². The van der Waals surface area contributed by atoms with Crippen molar-refractivity contribution in [3.05, 3.63) is 76.3 Å². The second kappa shape index (κ2) is 12.8. The van der Waals surface area contributed by atoms with E-state index >= 15 is 0 Å². The summed E-state index contributed by atoms with van der Waals surface area (Å²) >= 11 is 1.54. The number of benzene rings is 1. The second-order valence-electron chi connectivity index (χ2n) is 11.0. The molecule has 0 unspecified atom stereocenters. The molecule has 224 valence electrons. The third-order valence-electron chi connectivity index (χ3n) is 8.21. The number of fused-ring (bicyclic) bond motifs is 1. The Hall–Kier alpha value is -2.90. The second-order valence-corrected chi connectivity index (χ2v) is 13.9. The normalized spacial score (nSPS) is 17.7. The van der Waals surface area contributed by atoms with Crippen LogP contribution in [0.1, 0.15) is 48.2 Å². The Morgan fingerprint density at radius 3 is 2.55 bits per heavy atom. The lowest BCUT2D eigenvalue weighted by Crippen LogP contribution is -2.44. The number of nitrogens with zero attached hydrogens (tertiary/aromatic N) is 5. The molecule has 5 heterocycles. The smallest absolute Gasteiger partial charge is 0.215 e. The number of imidazole rings is 1. The minimum atomic E-state index is -3.28. The molecule has 0 aliphatic carbocycles. The molecule has 12 heteroatoms. The van der Waals surface area contributed by atoms with Crippen molar-refractivity contribution < 1.29 is 17.5 Å². The predicted octanol–water partition coefficient (Wildman–Crippen LogP) is 4.67. The number of anilines is 2. The van der Waals surface area contributed by atoms with Gasteiger partial charge in [-0.25, -0.2) is 27.1 Å². The number of morpholine rings is 1. The van der Waals surface area contributed by atoms with Gasteiger partial charge in [-0.05, 0) is 54.5 Å². The monoisotopic (exact) mass is 612 g/mol. The molecule has 0 atom stereocenters. The number of aromatic nitrogens is 3. The fourth-order valence-corrected chi connectivity index (χ4v) is 7.98. The molecule has 0 radical (unpaired) electrons. The minimum Gasteiger partial charge on any atom is -0.379 e. The number of piperidine rings is 1. The molecule has 9 nitrogen and oxygen atoms in total. The SMILES string of the molecule is CCc1nc2ccc(C3CCN(S(=O)(=O)CCN4CCOCC4)CC3)cn2c1Nc1nc(Cc2ccc(F)cc2)cs1. The van der Waals surface area contributed by atoms with E-state index < -0.39 is 10.0 Å². The number of rotatable bonds is 10. The number of ether oxygens (including phenoxy) is 1. The third kappa shape index (κ3) is 6.68. The number of nitrogens with one attached hydrogen (secondary N) is 1. The molecule has 2 aliphatic rings. The van der Waals surface area contributed by atoms with Crippen LogP contribution in [0, 0.1) is 5.82 Å². The Balaban J connectivity index is 1.12. The van der Waals surface area contributed by atoms with Gasteiger partial charge in [-0.2, -0.15) is 0 Å². The summed E-state index contributed by atoms with van der Waals surface area (Å²) in [4.78, 5) is 11.8. The van der Waals surface area contributed by atoms with E-state index in [0.717, 1.165) is 65.9 Å². The van der Waals surface area contributed by atoms with Crippen molar-refractivity contribution in [1.29, 1.82) is 0 Å². The molecule has 0 saturated carbocycles. The number of aryl methyl sites for hydroxylation is 1. The van der Waals surface area contributed by atoms with Crippen LogP contribution in [0.2, 0.25) is 0 Å². The van der Waals surface area contributed by atoms with Crippen LogP contribution in [0.4, 0.5) is 15.3 Å². The largest absolute Gasteiger partial charge is 0.379 e. The van der Waals surface area contributed by atoms with E-state index in [1.165, 1.54) is 29.0 Å². The maximum Gasteiger partial charge on any atom is 0.215 e. The van der Waals surface area contributed by atoms with E-state index in [0.29, 0.717) is 39.3 Å². The van der Waals surface area contributed by atoms with Gasteiger partial charge in [-0.15, -0.1) is 11.3 Å². The van der Waals surface area contributed by atoms with Crippen LogP contribution < -0.4 is 5.32 Å². The average Bonchev–Trinajstić information content (AvgIpc) is 3.61. The highest BCUT2D eigenvalue weighted by atomic mass is 32.2. The van der Waals surface area contributed by atoms with Crippen molar-refractivity contribution in [3.63, 3.8) is 0 Å². The van der Waals surface area contributed by atoms with Crippen molar-refractivity contribution in [2.24, 2.45) is 0 Å². The molecule has 4 aromatic rings. The molecule has 0 spiro atoms. The van der Waals surface area contributed by atoms with Crippen LogP contribution >= 0.6 is 11.3 Å². The standard InChI is InChI=1S/C30H37FN6O3S2/c1-2-27-29(34-30-32-26(21-41-30)19-22-3-6-25(31)7-4-22)37-20-24(5-8-28(37)33-27)23-9-11-36(12-10-23)42(38,39)18-15-35-13-16-40-17-14-35/h3-8,20-21,23H,2,9-19H2,1H3,(H,32,34). The predicted molar refractivity (Wildman–Crippen MR) is 164 cm³/mol. The Bertz CT molecular complexity index is 1610. The van der Waals surface area contributed by atoms with Crippen LogP contribution in [-0.4, -0.2) is 83.7 Å².